The molecule has 0 unspecified atom stereocenters. The van der Waals surface area contributed by atoms with Gasteiger partial charge in [0.15, 0.2) is 5.52 Å². The van der Waals surface area contributed by atoms with E-state index in [4.69, 9.17) is 0 Å². The highest BCUT2D eigenvalue weighted by atomic mass is 16.6. The minimum atomic E-state index is -0.410. The summed E-state index contributed by atoms with van der Waals surface area (Å²) < 4.78 is 1.56. The van der Waals surface area contributed by atoms with Crippen molar-refractivity contribution in [2.45, 2.75) is 6.54 Å². The Labute approximate surface area is 108 Å². The maximum Gasteiger partial charge on any atom is 0.296 e. The lowest BCUT2D eigenvalue weighted by Crippen LogP contribution is -2.03. The van der Waals surface area contributed by atoms with Crippen LogP contribution in [0.25, 0.3) is 11.0 Å². The van der Waals surface area contributed by atoms with E-state index in [1.165, 1.54) is 6.07 Å². The van der Waals surface area contributed by atoms with Crippen LogP contribution >= 0.6 is 0 Å². The Bertz CT molecular complexity index is 737. The van der Waals surface area contributed by atoms with Crippen LogP contribution in [0.1, 0.15) is 5.56 Å². The van der Waals surface area contributed by atoms with Crippen LogP contribution < -0.4 is 0 Å². The molecular formula is C13H10N4O2. The summed E-state index contributed by atoms with van der Waals surface area (Å²) in [5, 5.41) is 19.0. The molecule has 3 aromatic rings. The Morgan fingerprint density at radius 1 is 1.11 bits per heavy atom. The molecule has 6 nitrogen and oxygen atoms in total. The van der Waals surface area contributed by atoms with Gasteiger partial charge in [0.05, 0.1) is 11.5 Å². The Balaban J connectivity index is 2.12. The first kappa shape index (κ1) is 11.3. The van der Waals surface area contributed by atoms with Crippen LogP contribution in [0.2, 0.25) is 0 Å². The number of nitrogens with zero attached hydrogens (tertiary/aromatic N) is 4. The van der Waals surface area contributed by atoms with Crippen molar-refractivity contribution in [1.29, 1.82) is 0 Å². The lowest BCUT2D eigenvalue weighted by atomic mass is 10.2. The molecule has 0 amide bonds. The minimum absolute atomic E-state index is 0.0263. The molecule has 6 heteroatoms. The third-order valence-electron chi connectivity index (χ3n) is 2.88. The van der Waals surface area contributed by atoms with Gasteiger partial charge < -0.3 is 0 Å². The molecule has 0 saturated carbocycles. The molecule has 19 heavy (non-hydrogen) atoms. The summed E-state index contributed by atoms with van der Waals surface area (Å²) in [6.07, 6.45) is 0. The van der Waals surface area contributed by atoms with Crippen molar-refractivity contribution in [2.24, 2.45) is 0 Å². The Hall–Kier alpha value is -2.76. The topological polar surface area (TPSA) is 73.8 Å². The van der Waals surface area contributed by atoms with Gasteiger partial charge in [-0.25, -0.2) is 4.68 Å². The van der Waals surface area contributed by atoms with Gasteiger partial charge in [0.1, 0.15) is 5.52 Å². The first-order valence-electron chi connectivity index (χ1n) is 5.76. The summed E-state index contributed by atoms with van der Waals surface area (Å²) in [4.78, 5) is 10.6. The fourth-order valence-corrected chi connectivity index (χ4v) is 2.03. The Morgan fingerprint density at radius 2 is 1.89 bits per heavy atom. The highest BCUT2D eigenvalue weighted by Gasteiger charge is 2.17. The molecule has 0 saturated heterocycles. The van der Waals surface area contributed by atoms with Crippen LogP contribution in [0.5, 0.6) is 0 Å². The smallest absolute Gasteiger partial charge is 0.258 e. The maximum absolute atomic E-state index is 11.1. The zero-order chi connectivity index (χ0) is 13.2. The zero-order valence-electron chi connectivity index (χ0n) is 9.93. The molecule has 0 fully saturated rings. The van der Waals surface area contributed by atoms with Gasteiger partial charge in [-0.05, 0) is 11.6 Å². The third-order valence-corrected chi connectivity index (χ3v) is 2.88. The molecular weight excluding hydrogens is 244 g/mol. The average Bonchev–Trinajstić information content (AvgIpc) is 2.83. The van der Waals surface area contributed by atoms with E-state index >= 15 is 0 Å². The van der Waals surface area contributed by atoms with Crippen LogP contribution in [-0.2, 0) is 6.54 Å². The molecule has 0 aliphatic heterocycles. The quantitative estimate of drug-likeness (QED) is 0.531. The number of benzene rings is 2. The van der Waals surface area contributed by atoms with Gasteiger partial charge in [0, 0.05) is 6.07 Å². The molecule has 0 atom stereocenters. The molecule has 1 heterocycles. The summed E-state index contributed by atoms with van der Waals surface area (Å²) in [5.41, 5.74) is 2.03. The summed E-state index contributed by atoms with van der Waals surface area (Å²) in [6, 6.07) is 14.5. The zero-order valence-corrected chi connectivity index (χ0v) is 9.93. The van der Waals surface area contributed by atoms with E-state index in [0.717, 1.165) is 5.56 Å². The van der Waals surface area contributed by atoms with E-state index in [1.807, 2.05) is 30.3 Å². The largest absolute Gasteiger partial charge is 0.296 e. The molecule has 1 aromatic heterocycles. The molecule has 0 bridgehead atoms. The number of rotatable bonds is 3. The summed E-state index contributed by atoms with van der Waals surface area (Å²) >= 11 is 0. The van der Waals surface area contributed by atoms with E-state index in [-0.39, 0.29) is 5.69 Å². The number of nitro groups is 1. The second kappa shape index (κ2) is 4.49. The number of aromatic nitrogens is 3. The van der Waals surface area contributed by atoms with Crippen LogP contribution in [0.15, 0.2) is 48.5 Å². The summed E-state index contributed by atoms with van der Waals surface area (Å²) in [5.74, 6) is 0. The molecule has 0 radical (unpaired) electrons. The van der Waals surface area contributed by atoms with Gasteiger partial charge in [-0.15, -0.1) is 5.10 Å². The highest BCUT2D eigenvalue weighted by Crippen LogP contribution is 2.24. The Kier molecular flexibility index (Phi) is 2.68. The monoisotopic (exact) mass is 254 g/mol. The van der Waals surface area contributed by atoms with Crippen molar-refractivity contribution in [3.63, 3.8) is 0 Å². The van der Waals surface area contributed by atoms with Crippen LogP contribution in [0, 0.1) is 10.1 Å². The van der Waals surface area contributed by atoms with Crippen molar-refractivity contribution >= 4 is 16.7 Å². The molecule has 0 aliphatic rings. The van der Waals surface area contributed by atoms with Gasteiger partial charge >= 0.3 is 0 Å². The minimum Gasteiger partial charge on any atom is -0.258 e. The average molecular weight is 254 g/mol. The van der Waals surface area contributed by atoms with E-state index in [1.54, 1.807) is 16.8 Å². The van der Waals surface area contributed by atoms with Crippen LogP contribution in [-0.4, -0.2) is 19.9 Å². The van der Waals surface area contributed by atoms with Crippen molar-refractivity contribution in [2.75, 3.05) is 0 Å². The van der Waals surface area contributed by atoms with Crippen molar-refractivity contribution in [1.82, 2.24) is 15.0 Å². The predicted octanol–water partition coefficient (Wildman–Crippen LogP) is 2.39. The van der Waals surface area contributed by atoms with E-state index in [9.17, 15) is 10.1 Å². The molecule has 0 N–H and O–H groups in total. The molecule has 0 aliphatic carbocycles. The number of nitro benzene ring substituents is 1. The second-order valence-corrected chi connectivity index (χ2v) is 4.13. The van der Waals surface area contributed by atoms with E-state index in [2.05, 4.69) is 10.3 Å². The van der Waals surface area contributed by atoms with Gasteiger partial charge in [-0.2, -0.15) is 0 Å². The van der Waals surface area contributed by atoms with Gasteiger partial charge in [0.2, 0.25) is 0 Å². The number of non-ortho nitro benzene ring substituents is 1. The van der Waals surface area contributed by atoms with Crippen molar-refractivity contribution in [3.05, 3.63) is 64.2 Å². The van der Waals surface area contributed by atoms with Crippen LogP contribution in [0.4, 0.5) is 5.69 Å². The molecule has 0 spiro atoms. The lowest BCUT2D eigenvalue weighted by Gasteiger charge is -2.02. The summed E-state index contributed by atoms with van der Waals surface area (Å²) in [7, 11) is 0. The first-order chi connectivity index (χ1) is 9.25. The van der Waals surface area contributed by atoms with Crippen molar-refractivity contribution in [3.8, 4) is 0 Å². The number of hydrogen-bond donors (Lipinski definition) is 0. The van der Waals surface area contributed by atoms with Crippen molar-refractivity contribution < 1.29 is 4.92 Å². The third kappa shape index (κ3) is 2.03. The van der Waals surface area contributed by atoms with Gasteiger partial charge in [-0.3, -0.25) is 10.1 Å². The highest BCUT2D eigenvalue weighted by molar-refractivity contribution is 5.84. The van der Waals surface area contributed by atoms with E-state index < -0.39 is 4.92 Å². The van der Waals surface area contributed by atoms with Crippen LogP contribution in [0.3, 0.4) is 0 Å². The summed E-state index contributed by atoms with van der Waals surface area (Å²) in [6.45, 7) is 0.461. The number of para-hydroxylation sites is 1. The fourth-order valence-electron chi connectivity index (χ4n) is 2.03. The fraction of sp³-hybridized carbons (Fsp3) is 0.0769. The normalized spacial score (nSPS) is 10.7. The van der Waals surface area contributed by atoms with E-state index in [0.29, 0.717) is 17.6 Å². The SMILES string of the molecule is O=[N+]([O-])c1cccc2nnn(Cc3ccccc3)c12. The predicted molar refractivity (Wildman–Crippen MR) is 69.7 cm³/mol. The first-order valence-corrected chi connectivity index (χ1v) is 5.76. The maximum atomic E-state index is 11.1. The number of fused-ring (bicyclic) bond motifs is 1. The molecule has 3 rings (SSSR count). The van der Waals surface area contributed by atoms with Gasteiger partial charge in [-0.1, -0.05) is 41.6 Å². The lowest BCUT2D eigenvalue weighted by molar-refractivity contribution is -0.383. The van der Waals surface area contributed by atoms with Gasteiger partial charge in [0.25, 0.3) is 5.69 Å². The standard InChI is InChI=1S/C13H10N4O2/c18-17(19)12-8-4-7-11-13(12)16(15-14-11)9-10-5-2-1-3-6-10/h1-8H,9H2. The molecule has 94 valence electrons. The molecule has 2 aromatic carbocycles. The Morgan fingerprint density at radius 3 is 2.63 bits per heavy atom. The second-order valence-electron chi connectivity index (χ2n) is 4.13. The number of hydrogen-bond acceptors (Lipinski definition) is 4.